The lowest BCUT2D eigenvalue weighted by Crippen LogP contribution is -2.48. The second kappa shape index (κ2) is 4.35. The van der Waals surface area contributed by atoms with Crippen molar-refractivity contribution in [2.45, 2.75) is 25.7 Å². The molecule has 14 heavy (non-hydrogen) atoms. The summed E-state index contributed by atoms with van der Waals surface area (Å²) in [5.41, 5.74) is 0. The van der Waals surface area contributed by atoms with Crippen LogP contribution in [0.5, 0.6) is 0 Å². The second-order valence-electron chi connectivity index (χ2n) is 4.57. The molecule has 0 aromatic carbocycles. The van der Waals surface area contributed by atoms with Crippen molar-refractivity contribution in [3.63, 3.8) is 0 Å². The van der Waals surface area contributed by atoms with Crippen LogP contribution in [0.15, 0.2) is 0 Å². The van der Waals surface area contributed by atoms with E-state index in [9.17, 15) is 9.59 Å². The van der Waals surface area contributed by atoms with Crippen LogP contribution in [-0.2, 0) is 4.79 Å². The van der Waals surface area contributed by atoms with Crippen molar-refractivity contribution in [1.29, 1.82) is 0 Å². The molecular weight excluding hydrogens is 216 g/mol. The zero-order valence-electron chi connectivity index (χ0n) is 8.72. The SMILES string of the molecule is C[Si](C)(C)CNC(=O)[C@@H]1CSC(=O)N1. The molecular formula is C8H16N2O2SSi. The van der Waals surface area contributed by atoms with Crippen molar-refractivity contribution in [2.75, 3.05) is 11.9 Å². The average Bonchev–Trinajstić information content (AvgIpc) is 2.46. The number of rotatable bonds is 3. The molecule has 2 amide bonds. The standard InChI is InChI=1S/C8H16N2O2SSi/c1-14(2,3)5-9-7(11)6-4-13-8(12)10-6/h6H,4-5H2,1-3H3,(H,9,11)(H,10,12)/t6-/m0/s1. The zero-order valence-corrected chi connectivity index (χ0v) is 10.5. The predicted molar refractivity (Wildman–Crippen MR) is 61.1 cm³/mol. The van der Waals surface area contributed by atoms with Crippen LogP contribution in [-0.4, -0.2) is 37.2 Å². The van der Waals surface area contributed by atoms with Gasteiger partial charge in [-0.25, -0.2) is 0 Å². The number of amides is 2. The maximum atomic E-state index is 11.5. The Labute approximate surface area is 89.2 Å². The summed E-state index contributed by atoms with van der Waals surface area (Å²) >= 11 is 1.17. The molecule has 6 heteroatoms. The van der Waals surface area contributed by atoms with Gasteiger partial charge in [0.05, 0.1) is 8.07 Å². The van der Waals surface area contributed by atoms with E-state index >= 15 is 0 Å². The first-order valence-corrected chi connectivity index (χ1v) is 9.29. The normalized spacial score (nSPS) is 21.9. The van der Waals surface area contributed by atoms with Gasteiger partial charge in [0.1, 0.15) is 6.04 Å². The van der Waals surface area contributed by atoms with E-state index in [-0.39, 0.29) is 17.2 Å². The Balaban J connectivity index is 2.32. The van der Waals surface area contributed by atoms with Gasteiger partial charge in [0.15, 0.2) is 0 Å². The summed E-state index contributed by atoms with van der Waals surface area (Å²) in [6, 6.07) is -0.330. The van der Waals surface area contributed by atoms with Gasteiger partial charge in [0, 0.05) is 11.9 Å². The quantitative estimate of drug-likeness (QED) is 0.708. The summed E-state index contributed by atoms with van der Waals surface area (Å²) < 4.78 is 0. The van der Waals surface area contributed by atoms with Crippen LogP contribution in [0.4, 0.5) is 4.79 Å². The van der Waals surface area contributed by atoms with Crippen LogP contribution in [0, 0.1) is 0 Å². The van der Waals surface area contributed by atoms with Crippen LogP contribution in [0.1, 0.15) is 0 Å². The first-order valence-electron chi connectivity index (χ1n) is 4.59. The highest BCUT2D eigenvalue weighted by atomic mass is 32.2. The van der Waals surface area contributed by atoms with E-state index in [1.165, 1.54) is 11.8 Å². The summed E-state index contributed by atoms with van der Waals surface area (Å²) in [6.07, 6.45) is 0.767. The molecule has 1 aliphatic rings. The van der Waals surface area contributed by atoms with E-state index in [4.69, 9.17) is 0 Å². The molecule has 1 saturated heterocycles. The van der Waals surface area contributed by atoms with Gasteiger partial charge in [-0.3, -0.25) is 9.59 Å². The van der Waals surface area contributed by atoms with Gasteiger partial charge in [0.25, 0.3) is 5.24 Å². The second-order valence-corrected chi connectivity index (χ2v) is 11.0. The van der Waals surface area contributed by atoms with Gasteiger partial charge >= 0.3 is 0 Å². The summed E-state index contributed by atoms with van der Waals surface area (Å²) in [4.78, 5) is 22.4. The Morgan fingerprint density at radius 1 is 1.64 bits per heavy atom. The topological polar surface area (TPSA) is 58.2 Å². The zero-order chi connectivity index (χ0) is 10.8. The lowest BCUT2D eigenvalue weighted by Gasteiger charge is -2.18. The monoisotopic (exact) mass is 232 g/mol. The van der Waals surface area contributed by atoms with Crippen molar-refractivity contribution in [2.24, 2.45) is 0 Å². The molecule has 4 nitrogen and oxygen atoms in total. The summed E-state index contributed by atoms with van der Waals surface area (Å²) in [7, 11) is -1.24. The van der Waals surface area contributed by atoms with E-state index < -0.39 is 8.07 Å². The van der Waals surface area contributed by atoms with Crippen LogP contribution in [0.2, 0.25) is 19.6 Å². The Morgan fingerprint density at radius 2 is 2.29 bits per heavy atom. The highest BCUT2D eigenvalue weighted by molar-refractivity contribution is 8.14. The van der Waals surface area contributed by atoms with E-state index in [0.717, 1.165) is 6.17 Å². The Bertz CT molecular complexity index is 252. The van der Waals surface area contributed by atoms with Crippen LogP contribution in [0.3, 0.4) is 0 Å². The minimum absolute atomic E-state index is 0.0502. The first kappa shape index (κ1) is 11.6. The Hall–Kier alpha value is -0.493. The fourth-order valence-corrected chi connectivity index (χ4v) is 2.48. The number of hydrogen-bond acceptors (Lipinski definition) is 3. The minimum Gasteiger partial charge on any atom is -0.357 e. The Kier molecular flexibility index (Phi) is 3.60. The summed E-state index contributed by atoms with van der Waals surface area (Å²) in [5, 5.41) is 5.40. The minimum atomic E-state index is -1.24. The van der Waals surface area contributed by atoms with Gasteiger partial charge in [0.2, 0.25) is 5.91 Å². The number of nitrogens with one attached hydrogen (secondary N) is 2. The van der Waals surface area contributed by atoms with Crippen molar-refractivity contribution in [3.8, 4) is 0 Å². The molecule has 0 saturated carbocycles. The molecule has 1 fully saturated rings. The number of hydrogen-bond donors (Lipinski definition) is 2. The fraction of sp³-hybridized carbons (Fsp3) is 0.750. The lowest BCUT2D eigenvalue weighted by atomic mass is 10.3. The molecule has 0 unspecified atom stereocenters. The predicted octanol–water partition coefficient (Wildman–Crippen LogP) is 0.805. The van der Waals surface area contributed by atoms with E-state index in [0.29, 0.717) is 5.75 Å². The van der Waals surface area contributed by atoms with Gasteiger partial charge in [-0.1, -0.05) is 31.4 Å². The molecule has 1 aliphatic heterocycles. The van der Waals surface area contributed by atoms with Crippen molar-refractivity contribution in [1.82, 2.24) is 10.6 Å². The van der Waals surface area contributed by atoms with Crippen LogP contribution < -0.4 is 10.6 Å². The number of carbonyl (C=O) groups excluding carboxylic acids is 2. The van der Waals surface area contributed by atoms with Crippen molar-refractivity contribution >= 4 is 31.0 Å². The van der Waals surface area contributed by atoms with Crippen molar-refractivity contribution < 1.29 is 9.59 Å². The number of thioether (sulfide) groups is 1. The van der Waals surface area contributed by atoms with Crippen LogP contribution in [0.25, 0.3) is 0 Å². The highest BCUT2D eigenvalue weighted by Crippen LogP contribution is 2.12. The van der Waals surface area contributed by atoms with Gasteiger partial charge in [-0.2, -0.15) is 0 Å². The summed E-state index contributed by atoms with van der Waals surface area (Å²) in [6.45, 7) is 6.57. The third-order valence-electron chi connectivity index (χ3n) is 1.78. The third kappa shape index (κ3) is 3.71. The number of carbonyl (C=O) groups is 2. The molecule has 0 aromatic rings. The molecule has 1 heterocycles. The molecule has 1 atom stereocenters. The average molecular weight is 232 g/mol. The first-order chi connectivity index (χ1) is 6.38. The largest absolute Gasteiger partial charge is 0.357 e. The molecule has 2 N–H and O–H groups in total. The highest BCUT2D eigenvalue weighted by Gasteiger charge is 2.28. The van der Waals surface area contributed by atoms with E-state index in [1.54, 1.807) is 0 Å². The smallest absolute Gasteiger partial charge is 0.279 e. The molecule has 80 valence electrons. The van der Waals surface area contributed by atoms with Gasteiger partial charge in [-0.15, -0.1) is 0 Å². The molecule has 1 rings (SSSR count). The third-order valence-corrected chi connectivity index (χ3v) is 3.90. The van der Waals surface area contributed by atoms with E-state index in [2.05, 4.69) is 30.3 Å². The van der Waals surface area contributed by atoms with E-state index in [1.807, 2.05) is 0 Å². The maximum absolute atomic E-state index is 11.5. The Morgan fingerprint density at radius 3 is 2.71 bits per heavy atom. The molecule has 0 radical (unpaired) electrons. The van der Waals surface area contributed by atoms with Gasteiger partial charge in [-0.05, 0) is 0 Å². The fourth-order valence-electron chi connectivity index (χ4n) is 1.00. The lowest BCUT2D eigenvalue weighted by molar-refractivity contribution is -0.121. The molecule has 0 bridgehead atoms. The van der Waals surface area contributed by atoms with Gasteiger partial charge < -0.3 is 10.6 Å². The molecule has 0 aromatic heterocycles. The van der Waals surface area contributed by atoms with Crippen molar-refractivity contribution in [3.05, 3.63) is 0 Å². The molecule has 0 spiro atoms. The summed E-state index contributed by atoms with van der Waals surface area (Å²) in [5.74, 6) is 0.502. The van der Waals surface area contributed by atoms with Crippen LogP contribution >= 0.6 is 11.8 Å². The maximum Gasteiger partial charge on any atom is 0.279 e. The molecule has 0 aliphatic carbocycles.